The molecule has 0 saturated carbocycles. The van der Waals surface area contributed by atoms with Crippen molar-refractivity contribution in [1.82, 2.24) is 14.9 Å². The average Bonchev–Trinajstić information content (AvgIpc) is 2.70. The van der Waals surface area contributed by atoms with Gasteiger partial charge in [-0.05, 0) is 45.6 Å². The second kappa shape index (κ2) is 6.19. The molecule has 1 unspecified atom stereocenters. The van der Waals surface area contributed by atoms with Crippen molar-refractivity contribution in [2.75, 3.05) is 6.54 Å². The summed E-state index contributed by atoms with van der Waals surface area (Å²) in [6.45, 7) is 5.21. The fourth-order valence-corrected chi connectivity index (χ4v) is 2.71. The predicted octanol–water partition coefficient (Wildman–Crippen LogP) is 1.52. The summed E-state index contributed by atoms with van der Waals surface area (Å²) in [6, 6.07) is -0.529. The van der Waals surface area contributed by atoms with Crippen molar-refractivity contribution in [3.05, 3.63) is 17.2 Å². The normalized spacial score (nSPS) is 16.1. The van der Waals surface area contributed by atoms with E-state index in [0.29, 0.717) is 6.54 Å². The first-order valence-electron chi connectivity index (χ1n) is 7.14. The Balaban J connectivity index is 2.16. The Hall–Kier alpha value is -1.36. The molecule has 1 aromatic heterocycles. The van der Waals surface area contributed by atoms with Crippen molar-refractivity contribution in [2.24, 2.45) is 0 Å². The summed E-state index contributed by atoms with van der Waals surface area (Å²) < 4.78 is 2.09. The monoisotopic (exact) mass is 265 g/mol. The van der Waals surface area contributed by atoms with Gasteiger partial charge in [-0.1, -0.05) is 6.92 Å². The van der Waals surface area contributed by atoms with E-state index in [1.165, 1.54) is 24.2 Å². The number of aromatic nitrogens is 2. The van der Waals surface area contributed by atoms with Crippen LogP contribution >= 0.6 is 0 Å². The van der Waals surface area contributed by atoms with Gasteiger partial charge < -0.3 is 15.0 Å². The third-order valence-electron chi connectivity index (χ3n) is 3.73. The molecule has 0 saturated heterocycles. The predicted molar refractivity (Wildman–Crippen MR) is 73.3 cm³/mol. The van der Waals surface area contributed by atoms with E-state index in [9.17, 15) is 9.90 Å². The highest BCUT2D eigenvalue weighted by molar-refractivity contribution is 5.73. The molecule has 1 atom stereocenters. The number of aryl methyl sites for hydroxylation is 2. The molecule has 5 nitrogen and oxygen atoms in total. The zero-order valence-corrected chi connectivity index (χ0v) is 11.8. The molecule has 106 valence electrons. The summed E-state index contributed by atoms with van der Waals surface area (Å²) in [5.74, 6) is 0.155. The molecule has 1 aliphatic rings. The molecule has 2 rings (SSSR count). The molecule has 0 radical (unpaired) electrons. The SMILES string of the molecule is CCCNC(Cn1c(C)nc2c1CCCC2)C(=O)O. The lowest BCUT2D eigenvalue weighted by Gasteiger charge is -2.19. The van der Waals surface area contributed by atoms with Gasteiger partial charge >= 0.3 is 5.97 Å². The smallest absolute Gasteiger partial charge is 0.322 e. The number of aliphatic carboxylic acids is 1. The Labute approximate surface area is 114 Å². The van der Waals surface area contributed by atoms with E-state index in [-0.39, 0.29) is 0 Å². The molecule has 1 heterocycles. The van der Waals surface area contributed by atoms with Gasteiger partial charge in [0.1, 0.15) is 11.9 Å². The van der Waals surface area contributed by atoms with Crippen LogP contribution in [0.1, 0.15) is 43.4 Å². The zero-order chi connectivity index (χ0) is 13.8. The van der Waals surface area contributed by atoms with Crippen LogP contribution in [0.15, 0.2) is 0 Å². The van der Waals surface area contributed by atoms with Gasteiger partial charge in [0.05, 0.1) is 12.2 Å². The third-order valence-corrected chi connectivity index (χ3v) is 3.73. The summed E-state index contributed by atoms with van der Waals surface area (Å²) in [7, 11) is 0. The van der Waals surface area contributed by atoms with Gasteiger partial charge in [0.15, 0.2) is 0 Å². The Bertz CT molecular complexity index is 454. The van der Waals surface area contributed by atoms with E-state index >= 15 is 0 Å². The minimum atomic E-state index is -0.786. The largest absolute Gasteiger partial charge is 0.480 e. The molecular formula is C14H23N3O2. The highest BCUT2D eigenvalue weighted by atomic mass is 16.4. The topological polar surface area (TPSA) is 67.2 Å². The van der Waals surface area contributed by atoms with Crippen molar-refractivity contribution >= 4 is 5.97 Å². The lowest BCUT2D eigenvalue weighted by Crippen LogP contribution is -2.41. The third kappa shape index (κ3) is 3.15. The molecule has 1 aromatic rings. The summed E-state index contributed by atoms with van der Waals surface area (Å²) in [5.41, 5.74) is 2.41. The number of carbonyl (C=O) groups is 1. The van der Waals surface area contributed by atoms with Crippen LogP contribution in [0.25, 0.3) is 0 Å². The van der Waals surface area contributed by atoms with Crippen LogP contribution in [-0.2, 0) is 24.2 Å². The molecule has 0 aromatic carbocycles. The fraction of sp³-hybridized carbons (Fsp3) is 0.714. The van der Waals surface area contributed by atoms with Crippen molar-refractivity contribution in [3.8, 4) is 0 Å². The second-order valence-electron chi connectivity index (χ2n) is 5.22. The highest BCUT2D eigenvalue weighted by Crippen LogP contribution is 2.22. The fourth-order valence-electron chi connectivity index (χ4n) is 2.71. The van der Waals surface area contributed by atoms with Crippen LogP contribution < -0.4 is 5.32 Å². The Kier molecular flexibility index (Phi) is 4.58. The molecule has 2 N–H and O–H groups in total. The van der Waals surface area contributed by atoms with Crippen LogP contribution in [0.5, 0.6) is 0 Å². The van der Waals surface area contributed by atoms with Crippen LogP contribution in [-0.4, -0.2) is 33.2 Å². The molecule has 0 aliphatic heterocycles. The second-order valence-corrected chi connectivity index (χ2v) is 5.22. The van der Waals surface area contributed by atoms with Gasteiger partial charge in [-0.2, -0.15) is 0 Å². The van der Waals surface area contributed by atoms with Gasteiger partial charge in [-0.15, -0.1) is 0 Å². The van der Waals surface area contributed by atoms with Gasteiger partial charge in [0.2, 0.25) is 0 Å². The minimum absolute atomic E-state index is 0.476. The van der Waals surface area contributed by atoms with Crippen LogP contribution in [0.2, 0.25) is 0 Å². The number of hydrogen-bond acceptors (Lipinski definition) is 3. The summed E-state index contributed by atoms with van der Waals surface area (Å²) in [4.78, 5) is 15.9. The molecule has 19 heavy (non-hydrogen) atoms. The van der Waals surface area contributed by atoms with Gasteiger partial charge in [0.25, 0.3) is 0 Å². The summed E-state index contributed by atoms with van der Waals surface area (Å²) in [5, 5.41) is 12.4. The maximum absolute atomic E-state index is 11.3. The number of carboxylic acid groups (broad SMARTS) is 1. The van der Waals surface area contributed by atoms with E-state index in [4.69, 9.17) is 0 Å². The first-order chi connectivity index (χ1) is 9.13. The number of hydrogen-bond donors (Lipinski definition) is 2. The summed E-state index contributed by atoms with van der Waals surface area (Å²) in [6.07, 6.45) is 5.36. The average molecular weight is 265 g/mol. The molecular weight excluding hydrogens is 242 g/mol. The van der Waals surface area contributed by atoms with Crippen LogP contribution in [0.4, 0.5) is 0 Å². The zero-order valence-electron chi connectivity index (χ0n) is 11.8. The Morgan fingerprint density at radius 3 is 2.89 bits per heavy atom. The molecule has 5 heteroatoms. The van der Waals surface area contributed by atoms with Crippen LogP contribution in [0.3, 0.4) is 0 Å². The van der Waals surface area contributed by atoms with Crippen molar-refractivity contribution < 1.29 is 9.90 Å². The maximum Gasteiger partial charge on any atom is 0.322 e. The first kappa shape index (κ1) is 14.1. The van der Waals surface area contributed by atoms with Crippen LogP contribution in [0, 0.1) is 6.92 Å². The number of nitrogens with one attached hydrogen (secondary N) is 1. The molecule has 0 fully saturated rings. The van der Waals surface area contributed by atoms with Gasteiger partial charge in [-0.25, -0.2) is 4.98 Å². The van der Waals surface area contributed by atoms with E-state index in [2.05, 4.69) is 14.9 Å². The molecule has 0 bridgehead atoms. The Morgan fingerprint density at radius 2 is 2.21 bits per heavy atom. The number of imidazole rings is 1. The van der Waals surface area contributed by atoms with E-state index in [1.807, 2.05) is 13.8 Å². The molecule has 1 aliphatic carbocycles. The molecule has 0 amide bonds. The lowest BCUT2D eigenvalue weighted by molar-refractivity contribution is -0.139. The van der Waals surface area contributed by atoms with Crippen molar-refractivity contribution in [2.45, 2.75) is 58.5 Å². The molecule has 0 spiro atoms. The number of fused-ring (bicyclic) bond motifs is 1. The van der Waals surface area contributed by atoms with Gasteiger partial charge in [0, 0.05) is 5.69 Å². The Morgan fingerprint density at radius 1 is 1.47 bits per heavy atom. The van der Waals surface area contributed by atoms with E-state index < -0.39 is 12.0 Å². The maximum atomic E-state index is 11.3. The number of carboxylic acids is 1. The summed E-state index contributed by atoms with van der Waals surface area (Å²) >= 11 is 0. The number of nitrogens with zero attached hydrogens (tertiary/aromatic N) is 2. The van der Waals surface area contributed by atoms with Crippen molar-refractivity contribution in [1.29, 1.82) is 0 Å². The van der Waals surface area contributed by atoms with Gasteiger partial charge in [-0.3, -0.25) is 4.79 Å². The van der Waals surface area contributed by atoms with E-state index in [0.717, 1.165) is 31.6 Å². The minimum Gasteiger partial charge on any atom is -0.480 e. The first-order valence-corrected chi connectivity index (χ1v) is 7.14. The highest BCUT2D eigenvalue weighted by Gasteiger charge is 2.23. The standard InChI is InChI=1S/C14H23N3O2/c1-3-8-15-12(14(18)19)9-17-10(2)16-11-6-4-5-7-13(11)17/h12,15H,3-9H2,1-2H3,(H,18,19). The lowest BCUT2D eigenvalue weighted by atomic mass is 10.0. The quantitative estimate of drug-likeness (QED) is 0.818. The number of rotatable bonds is 6. The van der Waals surface area contributed by atoms with Crippen molar-refractivity contribution in [3.63, 3.8) is 0 Å². The van der Waals surface area contributed by atoms with E-state index in [1.54, 1.807) is 0 Å².